The molecule has 3 aromatic rings. The van der Waals surface area contributed by atoms with Crippen molar-refractivity contribution in [2.45, 2.75) is 6.54 Å². The highest BCUT2D eigenvalue weighted by atomic mass is 19.1. The van der Waals surface area contributed by atoms with Gasteiger partial charge in [-0.2, -0.15) is 0 Å². The van der Waals surface area contributed by atoms with Crippen LogP contribution in [0.2, 0.25) is 0 Å². The van der Waals surface area contributed by atoms with Gasteiger partial charge in [0.05, 0.1) is 6.54 Å². The molecule has 0 aliphatic heterocycles. The molecule has 0 unspecified atom stereocenters. The zero-order valence-corrected chi connectivity index (χ0v) is 10.7. The minimum absolute atomic E-state index is 0.0770. The second-order valence-corrected chi connectivity index (χ2v) is 4.68. The topological polar surface area (TPSA) is 48.0 Å². The van der Waals surface area contributed by atoms with Gasteiger partial charge in [-0.1, -0.05) is 24.3 Å². The van der Waals surface area contributed by atoms with Gasteiger partial charge in [-0.3, -0.25) is 4.79 Å². The third kappa shape index (κ3) is 2.16. The Morgan fingerprint density at radius 1 is 1.10 bits per heavy atom. The van der Waals surface area contributed by atoms with Crippen molar-refractivity contribution in [2.75, 3.05) is 5.73 Å². The number of hydrogen-bond donors (Lipinski definition) is 1. The summed E-state index contributed by atoms with van der Waals surface area (Å²) >= 11 is 0. The number of nitrogens with zero attached hydrogens (tertiary/aromatic N) is 1. The molecule has 0 atom stereocenters. The summed E-state index contributed by atoms with van der Waals surface area (Å²) in [5.41, 5.74) is 6.78. The molecule has 20 heavy (non-hydrogen) atoms. The molecule has 3 rings (SSSR count). The molecule has 0 saturated carbocycles. The van der Waals surface area contributed by atoms with Crippen LogP contribution in [0.5, 0.6) is 0 Å². The van der Waals surface area contributed by atoms with Gasteiger partial charge in [-0.05, 0) is 35.2 Å². The van der Waals surface area contributed by atoms with Crippen LogP contribution in [0.15, 0.2) is 59.5 Å². The first-order valence-corrected chi connectivity index (χ1v) is 6.27. The van der Waals surface area contributed by atoms with E-state index in [0.717, 1.165) is 10.9 Å². The summed E-state index contributed by atoms with van der Waals surface area (Å²) in [6.07, 6.45) is 1.73. The number of rotatable bonds is 2. The Balaban J connectivity index is 2.07. The van der Waals surface area contributed by atoms with Crippen LogP contribution in [0.4, 0.5) is 10.1 Å². The Hall–Kier alpha value is -2.62. The molecule has 2 aromatic carbocycles. The monoisotopic (exact) mass is 268 g/mol. The number of anilines is 1. The second-order valence-electron chi connectivity index (χ2n) is 4.68. The highest BCUT2D eigenvalue weighted by molar-refractivity contribution is 5.81. The first-order chi connectivity index (χ1) is 9.65. The van der Waals surface area contributed by atoms with E-state index >= 15 is 0 Å². The Bertz CT molecular complexity index is 839. The zero-order valence-electron chi connectivity index (χ0n) is 10.7. The highest BCUT2D eigenvalue weighted by Gasteiger charge is 2.05. The molecule has 0 bridgehead atoms. The molecule has 4 heteroatoms. The van der Waals surface area contributed by atoms with E-state index in [1.54, 1.807) is 22.9 Å². The van der Waals surface area contributed by atoms with E-state index in [9.17, 15) is 9.18 Å². The summed E-state index contributed by atoms with van der Waals surface area (Å²) in [4.78, 5) is 12.4. The normalized spacial score (nSPS) is 10.8. The smallest absolute Gasteiger partial charge is 0.258 e. The maximum atomic E-state index is 13.0. The first kappa shape index (κ1) is 12.4. The predicted octanol–water partition coefficient (Wildman–Crippen LogP) is 2.77. The van der Waals surface area contributed by atoms with Crippen LogP contribution in [0.1, 0.15) is 5.56 Å². The fourth-order valence-electron chi connectivity index (χ4n) is 2.25. The summed E-state index contributed by atoms with van der Waals surface area (Å²) in [5, 5.41) is 1.57. The van der Waals surface area contributed by atoms with Gasteiger partial charge in [0.2, 0.25) is 0 Å². The maximum absolute atomic E-state index is 13.0. The third-order valence-electron chi connectivity index (χ3n) is 3.33. The van der Waals surface area contributed by atoms with Crippen molar-refractivity contribution < 1.29 is 4.39 Å². The zero-order chi connectivity index (χ0) is 14.1. The van der Waals surface area contributed by atoms with Crippen molar-refractivity contribution in [1.82, 2.24) is 4.57 Å². The molecule has 0 aliphatic rings. The lowest BCUT2D eigenvalue weighted by atomic mass is 10.1. The molecule has 2 N–H and O–H groups in total. The van der Waals surface area contributed by atoms with Crippen LogP contribution >= 0.6 is 0 Å². The van der Waals surface area contributed by atoms with E-state index in [1.165, 1.54) is 12.1 Å². The summed E-state index contributed by atoms with van der Waals surface area (Å²) in [7, 11) is 0. The van der Waals surface area contributed by atoms with E-state index < -0.39 is 0 Å². The van der Waals surface area contributed by atoms with Crippen LogP contribution in [-0.4, -0.2) is 4.57 Å². The van der Waals surface area contributed by atoms with Crippen molar-refractivity contribution in [1.29, 1.82) is 0 Å². The summed E-state index contributed by atoms with van der Waals surface area (Å²) in [5.74, 6) is -0.378. The Morgan fingerprint density at radius 3 is 2.70 bits per heavy atom. The van der Waals surface area contributed by atoms with Gasteiger partial charge >= 0.3 is 0 Å². The van der Waals surface area contributed by atoms with E-state index in [4.69, 9.17) is 5.73 Å². The molecule has 3 nitrogen and oxygen atoms in total. The number of aromatic nitrogens is 1. The summed E-state index contributed by atoms with van der Waals surface area (Å²) < 4.78 is 14.6. The highest BCUT2D eigenvalue weighted by Crippen LogP contribution is 2.15. The number of benzene rings is 2. The quantitative estimate of drug-likeness (QED) is 0.726. The summed E-state index contributed by atoms with van der Waals surface area (Å²) in [6, 6.07) is 13.5. The third-order valence-corrected chi connectivity index (χ3v) is 3.33. The van der Waals surface area contributed by atoms with E-state index in [2.05, 4.69) is 0 Å². The lowest BCUT2D eigenvalue weighted by Crippen LogP contribution is -2.20. The van der Waals surface area contributed by atoms with Crippen LogP contribution in [0.3, 0.4) is 0 Å². The Labute approximate surface area is 115 Å². The fraction of sp³-hybridized carbons (Fsp3) is 0.0625. The molecule has 1 heterocycles. The first-order valence-electron chi connectivity index (χ1n) is 6.27. The van der Waals surface area contributed by atoms with Gasteiger partial charge in [0.1, 0.15) is 5.82 Å². The van der Waals surface area contributed by atoms with Gasteiger partial charge in [-0.25, -0.2) is 4.39 Å². The average Bonchev–Trinajstić information content (AvgIpc) is 2.45. The molecular weight excluding hydrogens is 255 g/mol. The van der Waals surface area contributed by atoms with Crippen molar-refractivity contribution >= 4 is 16.5 Å². The van der Waals surface area contributed by atoms with Gasteiger partial charge in [0.25, 0.3) is 5.56 Å². The van der Waals surface area contributed by atoms with Gasteiger partial charge < -0.3 is 10.3 Å². The van der Waals surface area contributed by atoms with Crippen molar-refractivity contribution in [3.8, 4) is 0 Å². The van der Waals surface area contributed by atoms with Crippen molar-refractivity contribution in [2.24, 2.45) is 0 Å². The molecule has 0 spiro atoms. The van der Waals surface area contributed by atoms with Crippen molar-refractivity contribution in [3.63, 3.8) is 0 Å². The molecular formula is C16H13FN2O. The average molecular weight is 268 g/mol. The Kier molecular flexibility index (Phi) is 2.99. The van der Waals surface area contributed by atoms with Gasteiger partial charge in [0, 0.05) is 17.3 Å². The minimum atomic E-state index is -0.378. The molecule has 0 amide bonds. The molecule has 100 valence electrons. The summed E-state index contributed by atoms with van der Waals surface area (Å²) in [6.45, 7) is 0.329. The van der Waals surface area contributed by atoms with Crippen LogP contribution < -0.4 is 11.3 Å². The van der Waals surface area contributed by atoms with Gasteiger partial charge in [-0.15, -0.1) is 0 Å². The van der Waals surface area contributed by atoms with Crippen LogP contribution in [-0.2, 0) is 6.54 Å². The number of halogens is 1. The minimum Gasteiger partial charge on any atom is -0.398 e. The molecule has 0 aliphatic carbocycles. The predicted molar refractivity (Wildman–Crippen MR) is 78.1 cm³/mol. The molecule has 0 radical (unpaired) electrons. The largest absolute Gasteiger partial charge is 0.398 e. The lowest BCUT2D eigenvalue weighted by molar-refractivity contribution is 0.627. The van der Waals surface area contributed by atoms with Crippen molar-refractivity contribution in [3.05, 3.63) is 76.5 Å². The van der Waals surface area contributed by atoms with Gasteiger partial charge in [0.15, 0.2) is 0 Å². The molecule has 0 saturated heterocycles. The fourth-order valence-corrected chi connectivity index (χ4v) is 2.25. The molecule has 0 fully saturated rings. The second kappa shape index (κ2) is 4.81. The molecule has 1 aromatic heterocycles. The number of fused-ring (bicyclic) bond motifs is 1. The standard InChI is InChI=1S/C16H13FN2O/c17-13-6-5-12(15(18)9-13)10-19-8-7-11-3-1-2-4-14(11)16(19)20/h1-9H,10,18H2. The number of nitrogens with two attached hydrogens (primary N) is 1. The number of nitrogen functional groups attached to an aromatic ring is 1. The van der Waals surface area contributed by atoms with E-state index in [0.29, 0.717) is 17.6 Å². The number of hydrogen-bond acceptors (Lipinski definition) is 2. The van der Waals surface area contributed by atoms with Crippen LogP contribution in [0, 0.1) is 5.82 Å². The Morgan fingerprint density at radius 2 is 1.90 bits per heavy atom. The van der Waals surface area contributed by atoms with Crippen LogP contribution in [0.25, 0.3) is 10.8 Å². The maximum Gasteiger partial charge on any atom is 0.258 e. The number of pyridine rings is 1. The lowest BCUT2D eigenvalue weighted by Gasteiger charge is -2.09. The van der Waals surface area contributed by atoms with E-state index in [-0.39, 0.29) is 11.4 Å². The SMILES string of the molecule is Nc1cc(F)ccc1Cn1ccc2ccccc2c1=O. The van der Waals surface area contributed by atoms with E-state index in [1.807, 2.05) is 24.3 Å².